The van der Waals surface area contributed by atoms with E-state index >= 15 is 0 Å². The van der Waals surface area contributed by atoms with Gasteiger partial charge in [0, 0.05) is 32.7 Å². The van der Waals surface area contributed by atoms with Crippen molar-refractivity contribution in [2.75, 3.05) is 58.9 Å². The molecule has 2 fully saturated rings. The lowest BCUT2D eigenvalue weighted by Crippen LogP contribution is -2.43. The number of aliphatic imine (C=N–C) groups is 1. The molecule has 0 amide bonds. The highest BCUT2D eigenvalue weighted by atomic mass is 19.4. The van der Waals surface area contributed by atoms with Gasteiger partial charge < -0.3 is 15.5 Å². The average molecular weight is 363 g/mol. The highest BCUT2D eigenvalue weighted by Gasteiger charge is 2.34. The molecule has 2 aliphatic rings. The van der Waals surface area contributed by atoms with Crippen molar-refractivity contribution in [1.82, 2.24) is 20.4 Å². The Kier molecular flexibility index (Phi) is 8.29. The highest BCUT2D eigenvalue weighted by molar-refractivity contribution is 5.79. The molecule has 146 valence electrons. The number of nitrogens with one attached hydrogen (secondary N) is 2. The van der Waals surface area contributed by atoms with Gasteiger partial charge in [0.2, 0.25) is 0 Å². The quantitative estimate of drug-likeness (QED) is 0.536. The van der Waals surface area contributed by atoms with Gasteiger partial charge in [-0.1, -0.05) is 6.42 Å². The molecule has 2 heterocycles. The Hall–Kier alpha value is -1.02. The second-order valence-electron chi connectivity index (χ2n) is 7.05. The predicted molar refractivity (Wildman–Crippen MR) is 94.9 cm³/mol. The molecule has 2 saturated heterocycles. The van der Waals surface area contributed by atoms with Gasteiger partial charge in [0.15, 0.2) is 5.96 Å². The Morgan fingerprint density at radius 1 is 1.08 bits per heavy atom. The molecule has 0 aromatic rings. The van der Waals surface area contributed by atoms with E-state index in [9.17, 15) is 13.2 Å². The van der Waals surface area contributed by atoms with Gasteiger partial charge in [-0.3, -0.25) is 9.89 Å². The van der Waals surface area contributed by atoms with Crippen LogP contribution in [0.3, 0.4) is 0 Å². The van der Waals surface area contributed by atoms with E-state index in [1.54, 1.807) is 0 Å². The molecule has 0 aromatic carbocycles. The maximum absolute atomic E-state index is 12.4. The van der Waals surface area contributed by atoms with E-state index < -0.39 is 12.7 Å². The number of rotatable bonds is 7. The monoisotopic (exact) mass is 363 g/mol. The van der Waals surface area contributed by atoms with Crippen molar-refractivity contribution in [1.29, 1.82) is 0 Å². The Morgan fingerprint density at radius 2 is 1.84 bits per heavy atom. The van der Waals surface area contributed by atoms with Crippen molar-refractivity contribution < 1.29 is 13.2 Å². The van der Waals surface area contributed by atoms with E-state index in [0.717, 1.165) is 32.0 Å². The third-order valence-electron chi connectivity index (χ3n) is 4.79. The summed E-state index contributed by atoms with van der Waals surface area (Å²) < 4.78 is 37.3. The van der Waals surface area contributed by atoms with Crippen molar-refractivity contribution in [3.05, 3.63) is 0 Å². The van der Waals surface area contributed by atoms with Crippen LogP contribution in [0.4, 0.5) is 13.2 Å². The van der Waals surface area contributed by atoms with Crippen LogP contribution in [-0.4, -0.2) is 80.8 Å². The van der Waals surface area contributed by atoms with Crippen molar-refractivity contribution in [2.45, 2.75) is 38.8 Å². The van der Waals surface area contributed by atoms with Gasteiger partial charge in [-0.15, -0.1) is 0 Å². The van der Waals surface area contributed by atoms with Crippen LogP contribution in [0.2, 0.25) is 0 Å². The fourth-order valence-corrected chi connectivity index (χ4v) is 3.54. The number of likely N-dealkylation sites (tertiary alicyclic amines) is 2. The summed E-state index contributed by atoms with van der Waals surface area (Å²) in [7, 11) is 0. The lowest BCUT2D eigenvalue weighted by molar-refractivity contribution is -0.143. The fourth-order valence-electron chi connectivity index (χ4n) is 3.54. The summed E-state index contributed by atoms with van der Waals surface area (Å²) in [5.74, 6) is 0.980. The molecule has 2 rings (SSSR count). The molecule has 0 saturated carbocycles. The smallest absolute Gasteiger partial charge is 0.357 e. The summed E-state index contributed by atoms with van der Waals surface area (Å²) in [6.07, 6.45) is 0.575. The summed E-state index contributed by atoms with van der Waals surface area (Å²) in [4.78, 5) is 8.52. The molecular weight excluding hydrogens is 331 g/mol. The zero-order valence-electron chi connectivity index (χ0n) is 15.2. The number of hydrogen-bond acceptors (Lipinski definition) is 3. The minimum atomic E-state index is -4.11. The molecule has 5 nitrogen and oxygen atoms in total. The summed E-state index contributed by atoms with van der Waals surface area (Å²) in [5.41, 5.74) is 0. The number of guanidine groups is 1. The second kappa shape index (κ2) is 10.2. The summed E-state index contributed by atoms with van der Waals surface area (Å²) >= 11 is 0. The topological polar surface area (TPSA) is 42.9 Å². The van der Waals surface area contributed by atoms with Crippen molar-refractivity contribution in [2.24, 2.45) is 10.9 Å². The Bertz CT molecular complexity index is 408. The van der Waals surface area contributed by atoms with Gasteiger partial charge in [0.25, 0.3) is 0 Å². The highest BCUT2D eigenvalue weighted by Crippen LogP contribution is 2.22. The van der Waals surface area contributed by atoms with Crippen LogP contribution in [0, 0.1) is 5.92 Å². The van der Waals surface area contributed by atoms with Crippen molar-refractivity contribution >= 4 is 5.96 Å². The first-order valence-electron chi connectivity index (χ1n) is 9.50. The normalized spacial score (nSPS) is 23.8. The van der Waals surface area contributed by atoms with Gasteiger partial charge in [-0.05, 0) is 51.7 Å². The van der Waals surface area contributed by atoms with Crippen LogP contribution in [0.25, 0.3) is 0 Å². The van der Waals surface area contributed by atoms with E-state index in [0.29, 0.717) is 19.6 Å². The van der Waals surface area contributed by atoms with Crippen LogP contribution in [0.1, 0.15) is 32.6 Å². The maximum atomic E-state index is 12.4. The standard InChI is InChI=1S/C17H32F3N5/c1-2-21-16(22-7-11-24-8-4-3-5-9-24)23-12-15-6-10-25(13-15)14-17(18,19)20/h15H,2-14H2,1H3,(H2,21,22,23). The molecule has 8 heteroatoms. The molecule has 0 radical (unpaired) electrons. The van der Waals surface area contributed by atoms with E-state index in [4.69, 9.17) is 0 Å². The number of nitrogens with zero attached hydrogens (tertiary/aromatic N) is 3. The maximum Gasteiger partial charge on any atom is 0.401 e. The van der Waals surface area contributed by atoms with Crippen LogP contribution in [0.5, 0.6) is 0 Å². The SMILES string of the molecule is CCNC(=NCC1CCN(CC(F)(F)F)C1)NCCN1CCCCC1. The molecule has 1 unspecified atom stereocenters. The van der Waals surface area contributed by atoms with Gasteiger partial charge >= 0.3 is 6.18 Å². The largest absolute Gasteiger partial charge is 0.401 e. The van der Waals surface area contributed by atoms with E-state index in [2.05, 4.69) is 20.5 Å². The molecular formula is C17H32F3N5. The van der Waals surface area contributed by atoms with Gasteiger partial charge in [-0.25, -0.2) is 0 Å². The van der Waals surface area contributed by atoms with Crippen molar-refractivity contribution in [3.63, 3.8) is 0 Å². The minimum absolute atomic E-state index is 0.208. The molecule has 1 atom stereocenters. The van der Waals surface area contributed by atoms with Crippen LogP contribution < -0.4 is 10.6 Å². The fraction of sp³-hybridized carbons (Fsp3) is 0.941. The minimum Gasteiger partial charge on any atom is -0.357 e. The van der Waals surface area contributed by atoms with E-state index in [1.807, 2.05) is 6.92 Å². The zero-order chi connectivity index (χ0) is 18.1. The zero-order valence-corrected chi connectivity index (χ0v) is 15.2. The summed E-state index contributed by atoms with van der Waals surface area (Å²) in [6, 6.07) is 0. The van der Waals surface area contributed by atoms with Crippen molar-refractivity contribution in [3.8, 4) is 0 Å². The molecule has 0 bridgehead atoms. The molecule has 2 aliphatic heterocycles. The molecule has 2 N–H and O–H groups in total. The first-order chi connectivity index (χ1) is 12.0. The summed E-state index contributed by atoms with van der Waals surface area (Å²) in [6.45, 7) is 7.76. The molecule has 0 spiro atoms. The average Bonchev–Trinajstić information content (AvgIpc) is 2.99. The lowest BCUT2D eigenvalue weighted by atomic mass is 10.1. The molecule has 25 heavy (non-hydrogen) atoms. The summed E-state index contributed by atoms with van der Waals surface area (Å²) in [5, 5.41) is 6.57. The van der Waals surface area contributed by atoms with Crippen LogP contribution in [0.15, 0.2) is 4.99 Å². The van der Waals surface area contributed by atoms with E-state index in [-0.39, 0.29) is 5.92 Å². The van der Waals surface area contributed by atoms with Gasteiger partial charge in [-0.2, -0.15) is 13.2 Å². The first kappa shape index (κ1) is 20.3. The number of alkyl halides is 3. The molecule has 0 aliphatic carbocycles. The third-order valence-corrected chi connectivity index (χ3v) is 4.79. The number of halogens is 3. The van der Waals surface area contributed by atoms with Gasteiger partial charge in [0.05, 0.1) is 6.54 Å². The Morgan fingerprint density at radius 3 is 2.52 bits per heavy atom. The third kappa shape index (κ3) is 8.27. The second-order valence-corrected chi connectivity index (χ2v) is 7.05. The van der Waals surface area contributed by atoms with Crippen LogP contribution >= 0.6 is 0 Å². The number of piperidine rings is 1. The lowest BCUT2D eigenvalue weighted by Gasteiger charge is -2.26. The predicted octanol–water partition coefficient (Wildman–Crippen LogP) is 1.91. The molecule has 0 aromatic heterocycles. The Labute approximate surface area is 149 Å². The first-order valence-corrected chi connectivity index (χ1v) is 9.50. The number of hydrogen-bond donors (Lipinski definition) is 2. The van der Waals surface area contributed by atoms with Crippen LogP contribution in [-0.2, 0) is 0 Å². The van der Waals surface area contributed by atoms with Gasteiger partial charge in [0.1, 0.15) is 0 Å². The Balaban J connectivity index is 1.69. The van der Waals surface area contributed by atoms with E-state index in [1.165, 1.54) is 37.3 Å².